The molecule has 1 aromatic carbocycles. The second-order valence-corrected chi connectivity index (χ2v) is 3.15. The summed E-state index contributed by atoms with van der Waals surface area (Å²) < 4.78 is 4.94. The molecular formula is C11H8N2O. The van der Waals surface area contributed by atoms with E-state index in [0.717, 1.165) is 16.1 Å². The third-order valence-corrected chi connectivity index (χ3v) is 2.32. The lowest BCUT2D eigenvalue weighted by molar-refractivity contribution is 0.428. The molecule has 1 aliphatic heterocycles. The van der Waals surface area contributed by atoms with Gasteiger partial charge in [0.15, 0.2) is 0 Å². The Balaban J connectivity index is 2.58. The molecule has 2 heterocycles. The number of allylic oxidation sites excluding steroid dienone is 1. The molecule has 3 nitrogen and oxygen atoms in total. The van der Waals surface area contributed by atoms with E-state index in [1.165, 1.54) is 5.22 Å². The molecule has 1 aliphatic rings. The molecule has 0 saturated heterocycles. The van der Waals surface area contributed by atoms with E-state index in [1.54, 1.807) is 6.26 Å². The molecule has 0 fully saturated rings. The molecule has 0 spiro atoms. The summed E-state index contributed by atoms with van der Waals surface area (Å²) in [5.74, 6) is 0. The van der Waals surface area contributed by atoms with Crippen molar-refractivity contribution in [2.75, 3.05) is 0 Å². The molecule has 3 rings (SSSR count). The summed E-state index contributed by atoms with van der Waals surface area (Å²) in [5.41, 5.74) is 0.886. The largest absolute Gasteiger partial charge is 0.367 e. The molecule has 0 bridgehead atoms. The first-order valence-electron chi connectivity index (χ1n) is 4.41. The minimum atomic E-state index is 0.886. The lowest BCUT2D eigenvalue weighted by atomic mass is 10.1. The molecule has 0 atom stereocenters. The summed E-state index contributed by atoms with van der Waals surface area (Å²) in [7, 11) is 0. The van der Waals surface area contributed by atoms with E-state index in [2.05, 4.69) is 16.5 Å². The van der Waals surface area contributed by atoms with E-state index in [1.807, 2.05) is 30.6 Å². The van der Waals surface area contributed by atoms with Crippen LogP contribution in [0, 0.1) is 0 Å². The number of nitrogens with one attached hydrogen (secondary N) is 1. The van der Waals surface area contributed by atoms with Gasteiger partial charge in [0.2, 0.25) is 0 Å². The highest BCUT2D eigenvalue weighted by atomic mass is 16.5. The number of benzene rings is 1. The van der Waals surface area contributed by atoms with Crippen LogP contribution >= 0.6 is 0 Å². The Hall–Kier alpha value is -2.03. The third-order valence-electron chi connectivity index (χ3n) is 2.32. The Kier molecular flexibility index (Phi) is 1.44. The maximum absolute atomic E-state index is 4.94. The van der Waals surface area contributed by atoms with Gasteiger partial charge in [0.05, 0.1) is 5.39 Å². The van der Waals surface area contributed by atoms with Crippen molar-refractivity contribution < 1.29 is 4.52 Å². The van der Waals surface area contributed by atoms with Gasteiger partial charge in [0.1, 0.15) is 11.8 Å². The quantitative estimate of drug-likeness (QED) is 0.646. The number of hydrogen-bond donors (Lipinski definition) is 1. The van der Waals surface area contributed by atoms with Crippen LogP contribution in [0.5, 0.6) is 0 Å². The molecule has 2 aromatic rings. The van der Waals surface area contributed by atoms with Gasteiger partial charge in [-0.05, 0) is 17.4 Å². The number of rotatable bonds is 0. The maximum atomic E-state index is 4.94. The second kappa shape index (κ2) is 2.73. The Morgan fingerprint density at radius 1 is 1.29 bits per heavy atom. The maximum Gasteiger partial charge on any atom is 0.132 e. The standard InChI is InChI=1S/C11H8N2O/c1-2-8-3-4-11-10(7-14-13-11)9(8)6-12-5-1/h1-7,12H. The fourth-order valence-corrected chi connectivity index (χ4v) is 1.63. The molecule has 1 aromatic heterocycles. The van der Waals surface area contributed by atoms with Crippen molar-refractivity contribution in [3.05, 3.63) is 41.1 Å². The molecule has 0 radical (unpaired) electrons. The van der Waals surface area contributed by atoms with Crippen molar-refractivity contribution in [3.8, 4) is 0 Å². The van der Waals surface area contributed by atoms with Crippen LogP contribution in [-0.4, -0.2) is 5.16 Å². The summed E-state index contributed by atoms with van der Waals surface area (Å²) in [6.45, 7) is 0. The van der Waals surface area contributed by atoms with Crippen molar-refractivity contribution in [3.63, 3.8) is 0 Å². The average molecular weight is 184 g/mol. The molecule has 0 saturated carbocycles. The molecule has 14 heavy (non-hydrogen) atoms. The first-order chi connectivity index (χ1) is 6.95. The van der Waals surface area contributed by atoms with Crippen LogP contribution in [0.1, 0.15) is 0 Å². The van der Waals surface area contributed by atoms with Gasteiger partial charge in [-0.3, -0.25) is 0 Å². The van der Waals surface area contributed by atoms with Gasteiger partial charge >= 0.3 is 0 Å². The predicted molar refractivity (Wildman–Crippen MR) is 54.5 cm³/mol. The summed E-state index contributed by atoms with van der Waals surface area (Å²) in [6.07, 6.45) is 9.54. The van der Waals surface area contributed by atoms with Crippen LogP contribution in [0.2, 0.25) is 0 Å². The van der Waals surface area contributed by atoms with Crippen LogP contribution in [0.25, 0.3) is 23.2 Å². The highest BCUT2D eigenvalue weighted by molar-refractivity contribution is 5.79. The van der Waals surface area contributed by atoms with E-state index < -0.39 is 0 Å². The Bertz CT molecular complexity index is 622. The highest BCUT2D eigenvalue weighted by Gasteiger charge is 2.00. The number of nitrogens with zero attached hydrogens (tertiary/aromatic N) is 1. The van der Waals surface area contributed by atoms with Crippen LogP contribution < -0.4 is 15.8 Å². The minimum Gasteiger partial charge on any atom is -0.367 e. The van der Waals surface area contributed by atoms with Gasteiger partial charge < -0.3 is 9.84 Å². The molecule has 3 heteroatoms. The fraction of sp³-hybridized carbons (Fsp3) is 0. The van der Waals surface area contributed by atoms with E-state index in [4.69, 9.17) is 4.52 Å². The van der Waals surface area contributed by atoms with E-state index in [9.17, 15) is 0 Å². The van der Waals surface area contributed by atoms with Gasteiger partial charge in [-0.25, -0.2) is 0 Å². The Morgan fingerprint density at radius 3 is 3.29 bits per heavy atom. The van der Waals surface area contributed by atoms with Crippen molar-refractivity contribution >= 4 is 23.2 Å². The molecule has 0 unspecified atom stereocenters. The second-order valence-electron chi connectivity index (χ2n) is 3.15. The Labute approximate surface area is 80.0 Å². The topological polar surface area (TPSA) is 38.1 Å². The van der Waals surface area contributed by atoms with E-state index >= 15 is 0 Å². The van der Waals surface area contributed by atoms with Gasteiger partial charge in [0, 0.05) is 17.6 Å². The lowest BCUT2D eigenvalue weighted by Gasteiger charge is -1.90. The van der Waals surface area contributed by atoms with Gasteiger partial charge in [-0.15, -0.1) is 0 Å². The first-order valence-corrected chi connectivity index (χ1v) is 4.41. The van der Waals surface area contributed by atoms with E-state index in [-0.39, 0.29) is 0 Å². The number of aromatic nitrogens is 1. The number of fused-ring (bicyclic) bond motifs is 3. The number of hydrogen-bond acceptors (Lipinski definition) is 3. The third kappa shape index (κ3) is 0.956. The molecule has 1 N–H and O–H groups in total. The molecule has 0 amide bonds. The highest BCUT2D eigenvalue weighted by Crippen LogP contribution is 2.03. The lowest BCUT2D eigenvalue weighted by Crippen LogP contribution is -2.25. The smallest absolute Gasteiger partial charge is 0.132 e. The van der Waals surface area contributed by atoms with Crippen molar-refractivity contribution in [2.24, 2.45) is 0 Å². The van der Waals surface area contributed by atoms with Gasteiger partial charge in [0.25, 0.3) is 0 Å². The summed E-state index contributed by atoms with van der Waals surface area (Å²) in [4.78, 5) is 0. The fourth-order valence-electron chi connectivity index (χ4n) is 1.63. The molecular weight excluding hydrogens is 176 g/mol. The summed E-state index contributed by atoms with van der Waals surface area (Å²) >= 11 is 0. The van der Waals surface area contributed by atoms with Crippen molar-refractivity contribution in [1.82, 2.24) is 10.5 Å². The van der Waals surface area contributed by atoms with Crippen molar-refractivity contribution in [2.45, 2.75) is 0 Å². The van der Waals surface area contributed by atoms with Crippen LogP contribution in [0.3, 0.4) is 0 Å². The monoisotopic (exact) mass is 184 g/mol. The van der Waals surface area contributed by atoms with Gasteiger partial charge in [-0.2, -0.15) is 0 Å². The minimum absolute atomic E-state index is 0.886. The zero-order valence-corrected chi connectivity index (χ0v) is 7.40. The first kappa shape index (κ1) is 7.38. The molecule has 68 valence electrons. The summed E-state index contributed by atoms with van der Waals surface area (Å²) in [6, 6.07) is 4.00. The predicted octanol–water partition coefficient (Wildman–Crippen LogP) is 0.463. The SMILES string of the molecule is C1=CNC=c2c(ccc3nocc23)=C1. The van der Waals surface area contributed by atoms with Gasteiger partial charge in [-0.1, -0.05) is 17.3 Å². The molecule has 0 aliphatic carbocycles. The van der Waals surface area contributed by atoms with Crippen molar-refractivity contribution in [1.29, 1.82) is 0 Å². The van der Waals surface area contributed by atoms with Crippen LogP contribution in [0.4, 0.5) is 0 Å². The van der Waals surface area contributed by atoms with E-state index in [0.29, 0.717) is 0 Å². The van der Waals surface area contributed by atoms with Crippen LogP contribution in [0.15, 0.2) is 35.2 Å². The zero-order valence-electron chi connectivity index (χ0n) is 7.40. The normalized spacial score (nSPS) is 13.7. The summed E-state index contributed by atoms with van der Waals surface area (Å²) in [5, 5.41) is 10.3. The zero-order chi connectivity index (χ0) is 9.38. The van der Waals surface area contributed by atoms with Crippen LogP contribution in [-0.2, 0) is 0 Å². The Morgan fingerprint density at radius 2 is 2.29 bits per heavy atom. The average Bonchev–Trinajstić information content (AvgIpc) is 2.55.